The van der Waals surface area contributed by atoms with Crippen LogP contribution in [0.3, 0.4) is 0 Å². The summed E-state index contributed by atoms with van der Waals surface area (Å²) < 4.78 is 8.32. The minimum absolute atomic E-state index is 0.0851. The average Bonchev–Trinajstić information content (AvgIpc) is 3.06. The highest BCUT2D eigenvalue weighted by Gasteiger charge is 2.30. The summed E-state index contributed by atoms with van der Waals surface area (Å²) in [5, 5.41) is 9.13. The lowest BCUT2D eigenvalue weighted by Crippen LogP contribution is -2.25. The molecule has 1 atom stereocenters. The van der Waals surface area contributed by atoms with Crippen LogP contribution in [0, 0.1) is 0 Å². The predicted octanol–water partition coefficient (Wildman–Crippen LogP) is 3.19. The lowest BCUT2D eigenvalue weighted by Gasteiger charge is -2.28. The van der Waals surface area contributed by atoms with Gasteiger partial charge in [0.15, 0.2) is 0 Å². The van der Waals surface area contributed by atoms with Crippen molar-refractivity contribution >= 4 is 0 Å². The van der Waals surface area contributed by atoms with E-state index in [-0.39, 0.29) is 12.1 Å². The van der Waals surface area contributed by atoms with Gasteiger partial charge in [-0.1, -0.05) is 24.3 Å². The molecule has 28 heavy (non-hydrogen) atoms. The molecule has 2 N–H and O–H groups in total. The summed E-state index contributed by atoms with van der Waals surface area (Å²) in [6.07, 6.45) is 7.74. The van der Waals surface area contributed by atoms with Crippen molar-refractivity contribution in [2.24, 2.45) is 5.73 Å². The number of hydrogen-bond donors (Lipinski definition) is 1. The summed E-state index contributed by atoms with van der Waals surface area (Å²) in [5.74, 6) is 3.17. The van der Waals surface area contributed by atoms with Gasteiger partial charge in [-0.25, -0.2) is 4.98 Å². The van der Waals surface area contributed by atoms with Crippen LogP contribution >= 0.6 is 0 Å². The molecule has 1 unspecified atom stereocenters. The highest BCUT2D eigenvalue weighted by atomic mass is 16.5. The number of para-hydroxylation sites is 1. The molecule has 5 rings (SSSR count). The van der Waals surface area contributed by atoms with Crippen LogP contribution in [0.5, 0.6) is 5.88 Å². The molecule has 0 amide bonds. The van der Waals surface area contributed by atoms with Gasteiger partial charge in [0.25, 0.3) is 0 Å². The molecule has 1 saturated carbocycles. The fraction of sp³-hybridized carbons (Fsp3) is 0.409. The molecule has 0 saturated heterocycles. The zero-order valence-electron chi connectivity index (χ0n) is 15.9. The Labute approximate surface area is 164 Å². The predicted molar refractivity (Wildman–Crippen MR) is 107 cm³/mol. The third kappa shape index (κ3) is 3.29. The maximum atomic E-state index is 6.34. The van der Waals surface area contributed by atoms with Gasteiger partial charge in [-0.3, -0.25) is 4.57 Å². The molecule has 2 aliphatic rings. The number of fused-ring (bicyclic) bond motifs is 3. The van der Waals surface area contributed by atoms with Crippen LogP contribution in [0.4, 0.5) is 0 Å². The molecular weight excluding hydrogens is 350 g/mol. The molecule has 144 valence electrons. The quantitative estimate of drug-likeness (QED) is 0.760. The van der Waals surface area contributed by atoms with Crippen molar-refractivity contribution in [2.75, 3.05) is 0 Å². The number of pyridine rings is 1. The molecule has 1 aliphatic carbocycles. The molecule has 6 nitrogen and oxygen atoms in total. The van der Waals surface area contributed by atoms with Gasteiger partial charge in [0.1, 0.15) is 17.8 Å². The van der Waals surface area contributed by atoms with Crippen molar-refractivity contribution in [3.8, 4) is 11.6 Å². The van der Waals surface area contributed by atoms with Gasteiger partial charge in [0.05, 0.1) is 5.69 Å². The Morgan fingerprint density at radius 3 is 2.57 bits per heavy atom. The topological polar surface area (TPSA) is 78.9 Å². The normalized spacial score (nSPS) is 24.1. The fourth-order valence-electron chi connectivity index (χ4n) is 4.51. The lowest BCUT2D eigenvalue weighted by atomic mass is 9.86. The second kappa shape index (κ2) is 7.36. The van der Waals surface area contributed by atoms with E-state index < -0.39 is 0 Å². The minimum Gasteiger partial charge on any atom is -0.474 e. The van der Waals surface area contributed by atoms with Crippen LogP contribution in [0.15, 0.2) is 48.7 Å². The zero-order valence-corrected chi connectivity index (χ0v) is 15.9. The summed E-state index contributed by atoms with van der Waals surface area (Å²) in [4.78, 5) is 4.28. The summed E-state index contributed by atoms with van der Waals surface area (Å²) in [6, 6.07) is 14.4. The number of nitrogens with two attached hydrogens (primary N) is 1. The van der Waals surface area contributed by atoms with Crippen molar-refractivity contribution in [1.82, 2.24) is 19.7 Å². The van der Waals surface area contributed by atoms with Crippen LogP contribution in [0.25, 0.3) is 5.69 Å². The van der Waals surface area contributed by atoms with E-state index in [1.807, 2.05) is 18.2 Å². The Kier molecular flexibility index (Phi) is 4.56. The molecule has 3 heterocycles. The molecule has 0 radical (unpaired) electrons. The number of aromatic nitrogens is 4. The van der Waals surface area contributed by atoms with Gasteiger partial charge in [-0.15, -0.1) is 10.2 Å². The van der Waals surface area contributed by atoms with Gasteiger partial charge < -0.3 is 10.5 Å². The van der Waals surface area contributed by atoms with E-state index in [2.05, 4.69) is 44.0 Å². The number of rotatable bonds is 3. The van der Waals surface area contributed by atoms with Gasteiger partial charge >= 0.3 is 0 Å². The maximum Gasteiger partial charge on any atom is 0.213 e. The van der Waals surface area contributed by atoms with Crippen molar-refractivity contribution in [3.05, 3.63) is 65.9 Å². The molecule has 3 aromatic rings. The Morgan fingerprint density at radius 2 is 1.75 bits per heavy atom. The van der Waals surface area contributed by atoms with Crippen LogP contribution in [-0.2, 0) is 12.8 Å². The summed E-state index contributed by atoms with van der Waals surface area (Å²) in [5.41, 5.74) is 8.81. The minimum atomic E-state index is 0.0851. The Bertz CT molecular complexity index is 947. The zero-order chi connectivity index (χ0) is 18.9. The number of nitrogens with zero attached hydrogens (tertiary/aromatic N) is 4. The number of hydrogen-bond acceptors (Lipinski definition) is 5. The highest BCUT2D eigenvalue weighted by Crippen LogP contribution is 2.36. The van der Waals surface area contributed by atoms with E-state index in [1.165, 1.54) is 11.3 Å². The summed E-state index contributed by atoms with van der Waals surface area (Å²) in [6.45, 7) is 0. The first kappa shape index (κ1) is 17.4. The molecule has 1 aliphatic heterocycles. The largest absolute Gasteiger partial charge is 0.474 e. The second-order valence-electron chi connectivity index (χ2n) is 7.87. The highest BCUT2D eigenvalue weighted by molar-refractivity contribution is 5.45. The summed E-state index contributed by atoms with van der Waals surface area (Å²) >= 11 is 0. The van der Waals surface area contributed by atoms with Gasteiger partial charge in [0.2, 0.25) is 5.88 Å². The van der Waals surface area contributed by atoms with E-state index in [0.29, 0.717) is 11.8 Å². The van der Waals surface area contributed by atoms with Crippen molar-refractivity contribution in [1.29, 1.82) is 0 Å². The van der Waals surface area contributed by atoms with Crippen LogP contribution in [-0.4, -0.2) is 31.9 Å². The Morgan fingerprint density at radius 1 is 0.929 bits per heavy atom. The molecule has 6 heteroatoms. The first-order valence-corrected chi connectivity index (χ1v) is 10.1. The maximum absolute atomic E-state index is 6.34. The van der Waals surface area contributed by atoms with Gasteiger partial charge in [-0.2, -0.15) is 0 Å². The molecule has 1 aromatic carbocycles. The van der Waals surface area contributed by atoms with E-state index in [4.69, 9.17) is 10.5 Å². The standard InChI is InChI=1S/C22H25N5O/c23-17-13-16-5-1-2-6-19(16)27-20(14-17)25-26-22(27)15-8-10-18(11-9-15)28-21-7-3-4-12-24-21/h1-7,12,15,17-18H,8-11,13-14,23H2. The number of ether oxygens (including phenoxy) is 1. The monoisotopic (exact) mass is 375 g/mol. The smallest absolute Gasteiger partial charge is 0.213 e. The molecule has 0 bridgehead atoms. The van der Waals surface area contributed by atoms with Crippen molar-refractivity contribution in [2.45, 2.75) is 56.6 Å². The lowest BCUT2D eigenvalue weighted by molar-refractivity contribution is 0.139. The van der Waals surface area contributed by atoms with Crippen LogP contribution in [0.2, 0.25) is 0 Å². The molecule has 0 spiro atoms. The van der Waals surface area contributed by atoms with Crippen LogP contribution < -0.4 is 10.5 Å². The van der Waals surface area contributed by atoms with Crippen molar-refractivity contribution in [3.63, 3.8) is 0 Å². The number of benzene rings is 1. The van der Waals surface area contributed by atoms with E-state index >= 15 is 0 Å². The third-order valence-electron chi connectivity index (χ3n) is 5.88. The van der Waals surface area contributed by atoms with Gasteiger partial charge in [-0.05, 0) is 49.8 Å². The van der Waals surface area contributed by atoms with E-state index in [1.54, 1.807) is 6.20 Å². The van der Waals surface area contributed by atoms with E-state index in [0.717, 1.165) is 50.2 Å². The first-order chi connectivity index (χ1) is 13.8. The molecule has 1 fully saturated rings. The van der Waals surface area contributed by atoms with Crippen molar-refractivity contribution < 1.29 is 4.74 Å². The Hall–Kier alpha value is -2.73. The van der Waals surface area contributed by atoms with E-state index in [9.17, 15) is 0 Å². The second-order valence-corrected chi connectivity index (χ2v) is 7.87. The first-order valence-electron chi connectivity index (χ1n) is 10.1. The molecule has 2 aromatic heterocycles. The average molecular weight is 375 g/mol. The fourth-order valence-corrected chi connectivity index (χ4v) is 4.51. The SMILES string of the molecule is NC1Cc2ccccc2-n2c(nnc2C2CCC(Oc3ccccn3)CC2)C1. The third-order valence-corrected chi connectivity index (χ3v) is 5.88. The summed E-state index contributed by atoms with van der Waals surface area (Å²) in [7, 11) is 0. The Balaban J connectivity index is 1.37. The van der Waals surface area contributed by atoms with Crippen LogP contribution in [0.1, 0.15) is 48.8 Å². The van der Waals surface area contributed by atoms with Gasteiger partial charge in [0, 0.05) is 30.6 Å². The molecular formula is C22H25N5O.